The molecule has 4 aromatic carbocycles. The van der Waals surface area contributed by atoms with E-state index in [0.717, 1.165) is 94.3 Å². The van der Waals surface area contributed by atoms with Crippen molar-refractivity contribution < 1.29 is 14.4 Å². The summed E-state index contributed by atoms with van der Waals surface area (Å²) in [6.07, 6.45) is 10.7. The topological polar surface area (TPSA) is 124 Å². The van der Waals surface area contributed by atoms with E-state index in [0.29, 0.717) is 5.69 Å². The van der Waals surface area contributed by atoms with Gasteiger partial charge in [-0.3, -0.25) is 19.3 Å². The molecule has 0 aliphatic carbocycles. The van der Waals surface area contributed by atoms with Crippen molar-refractivity contribution in [2.45, 2.75) is 6.42 Å². The molecular weight excluding hydrogens is 745 g/mol. The summed E-state index contributed by atoms with van der Waals surface area (Å²) in [6, 6.07) is 46.9. The number of hydrogen-bond donors (Lipinski definition) is 3. The maximum Gasteiger partial charge on any atom is 0.253 e. The molecule has 3 N–H and O–H groups in total. The molecule has 10 rings (SSSR count). The van der Waals surface area contributed by atoms with Gasteiger partial charge >= 0.3 is 0 Å². The Morgan fingerprint density at radius 1 is 0.450 bits per heavy atom. The van der Waals surface area contributed by atoms with Crippen LogP contribution in [0.4, 0.5) is 5.69 Å². The van der Waals surface area contributed by atoms with Crippen LogP contribution in [0.5, 0.6) is 0 Å². The fourth-order valence-corrected chi connectivity index (χ4v) is 8.04. The van der Waals surface area contributed by atoms with Crippen LogP contribution in [0.2, 0.25) is 0 Å². The quantitative estimate of drug-likeness (QED) is 0.132. The lowest BCUT2D eigenvalue weighted by atomic mass is 10.0. The first-order valence-corrected chi connectivity index (χ1v) is 19.7. The molecule has 3 aromatic heterocycles. The van der Waals surface area contributed by atoms with Crippen LogP contribution < -0.4 is 5.32 Å². The minimum Gasteiger partial charge on any atom is -0.354 e. The minimum absolute atomic E-state index is 0.00837. The number of benzene rings is 4. The molecule has 0 saturated carbocycles. The van der Waals surface area contributed by atoms with Crippen molar-refractivity contribution in [3.8, 4) is 44.5 Å². The summed E-state index contributed by atoms with van der Waals surface area (Å²) in [7, 11) is 0. The number of rotatable bonds is 8. The molecule has 9 heteroatoms. The van der Waals surface area contributed by atoms with Crippen LogP contribution in [0.15, 0.2) is 152 Å². The fraction of sp³-hybridized carbons (Fsp3) is 0.0392. The highest BCUT2D eigenvalue weighted by Gasteiger charge is 2.24. The molecule has 0 radical (unpaired) electrons. The van der Waals surface area contributed by atoms with Gasteiger partial charge in [-0.15, -0.1) is 0 Å². The Morgan fingerprint density at radius 2 is 0.800 bits per heavy atom. The molecule has 60 heavy (non-hydrogen) atoms. The predicted molar refractivity (Wildman–Crippen MR) is 240 cm³/mol. The third-order valence-corrected chi connectivity index (χ3v) is 10.9. The van der Waals surface area contributed by atoms with Crippen LogP contribution >= 0.6 is 0 Å². The predicted octanol–water partition coefficient (Wildman–Crippen LogP) is 10.6. The van der Waals surface area contributed by atoms with Gasteiger partial charge in [-0.25, -0.2) is 9.97 Å². The summed E-state index contributed by atoms with van der Waals surface area (Å²) < 4.78 is 0. The standard InChI is InChI=1S/C51H36N6O3/c58-45(30-31-57-46(59)28-29-47(57)60)52-36-18-16-35(17-19-36)51-43-26-24-41(55-43)49(33-12-6-2-7-13-33)39-22-20-37(53-39)48(32-10-4-1-5-11-32)38-21-23-40(54-38)50(34-14-8-3-9-15-34)42-25-27-44(51)56-42/h1-29,53,56H,30-31H2,(H,52,58). The van der Waals surface area contributed by atoms with Crippen molar-refractivity contribution in [2.24, 2.45) is 0 Å². The molecule has 3 amide bonds. The van der Waals surface area contributed by atoms with Gasteiger partial charge < -0.3 is 15.3 Å². The second-order valence-electron chi connectivity index (χ2n) is 14.6. The molecule has 8 bridgehead atoms. The van der Waals surface area contributed by atoms with Crippen molar-refractivity contribution in [2.75, 3.05) is 11.9 Å². The number of anilines is 1. The highest BCUT2D eigenvalue weighted by molar-refractivity contribution is 6.13. The van der Waals surface area contributed by atoms with E-state index in [2.05, 4.69) is 112 Å². The number of aromatic nitrogens is 4. The molecule has 0 unspecified atom stereocenters. The first kappa shape index (κ1) is 36.2. The Bertz CT molecular complexity index is 3050. The Morgan fingerprint density at radius 3 is 1.17 bits per heavy atom. The summed E-state index contributed by atoms with van der Waals surface area (Å²) in [5.41, 5.74) is 15.2. The van der Waals surface area contributed by atoms with Crippen molar-refractivity contribution in [3.05, 3.63) is 174 Å². The van der Waals surface area contributed by atoms with Gasteiger partial charge in [0.15, 0.2) is 0 Å². The average molecular weight is 781 g/mol. The summed E-state index contributed by atoms with van der Waals surface area (Å²) in [6.45, 7) is 0.00837. The van der Waals surface area contributed by atoms with E-state index >= 15 is 0 Å². The summed E-state index contributed by atoms with van der Waals surface area (Å²) >= 11 is 0. The third-order valence-electron chi connectivity index (χ3n) is 10.9. The Labute approximate surface area is 345 Å². The Balaban J connectivity index is 1.19. The van der Waals surface area contributed by atoms with Crippen LogP contribution in [0.25, 0.3) is 90.9 Å². The maximum atomic E-state index is 12.9. The first-order chi connectivity index (χ1) is 29.5. The van der Waals surface area contributed by atoms with Gasteiger partial charge in [0.05, 0.1) is 22.8 Å². The van der Waals surface area contributed by atoms with E-state index < -0.39 is 11.8 Å². The molecular formula is C51H36N6O3. The number of carbonyl (C=O) groups is 3. The van der Waals surface area contributed by atoms with E-state index in [4.69, 9.17) is 9.97 Å². The van der Waals surface area contributed by atoms with E-state index in [9.17, 15) is 14.4 Å². The lowest BCUT2D eigenvalue weighted by Crippen LogP contribution is -2.33. The lowest BCUT2D eigenvalue weighted by molar-refractivity contribution is -0.137. The monoisotopic (exact) mass is 780 g/mol. The molecule has 0 atom stereocenters. The van der Waals surface area contributed by atoms with E-state index in [1.807, 2.05) is 66.7 Å². The molecule has 0 fully saturated rings. The van der Waals surface area contributed by atoms with Gasteiger partial charge in [0.2, 0.25) is 5.91 Å². The normalized spacial score (nSPS) is 13.0. The molecule has 3 aliphatic heterocycles. The number of amides is 3. The van der Waals surface area contributed by atoms with Crippen LogP contribution in [0.3, 0.4) is 0 Å². The zero-order valence-electron chi connectivity index (χ0n) is 32.2. The second kappa shape index (κ2) is 15.3. The molecule has 7 aromatic rings. The Hall–Kier alpha value is -8.17. The van der Waals surface area contributed by atoms with E-state index in [1.54, 1.807) is 0 Å². The molecule has 0 saturated heterocycles. The SMILES string of the molecule is O=C(CCN1C(=O)C=CC1=O)Nc1ccc(-c2c3nc(c(-c4ccccc4)c4ccc([nH]4)c(-c4ccccc4)c4nc(c(-c5ccccc5)c5ccc2[nH]5)C=C4)C=C3)cc1. The average Bonchev–Trinajstić information content (AvgIpc) is 4.15. The van der Waals surface area contributed by atoms with Crippen molar-refractivity contribution >= 4 is 69.8 Å². The molecule has 9 nitrogen and oxygen atoms in total. The minimum atomic E-state index is -0.411. The smallest absolute Gasteiger partial charge is 0.253 e. The molecule has 0 spiro atoms. The number of H-pyrrole nitrogens is 2. The number of hydrogen-bond acceptors (Lipinski definition) is 5. The zero-order valence-corrected chi connectivity index (χ0v) is 32.2. The van der Waals surface area contributed by atoms with Gasteiger partial charge in [0.1, 0.15) is 0 Å². The van der Waals surface area contributed by atoms with Gasteiger partial charge in [-0.05, 0) is 83.0 Å². The largest absolute Gasteiger partial charge is 0.354 e. The van der Waals surface area contributed by atoms with Gasteiger partial charge in [-0.2, -0.15) is 0 Å². The molecule has 288 valence electrons. The maximum absolute atomic E-state index is 12.9. The number of nitrogens with zero attached hydrogens (tertiary/aromatic N) is 3. The van der Waals surface area contributed by atoms with Crippen LogP contribution in [-0.2, 0) is 14.4 Å². The zero-order chi connectivity index (χ0) is 40.6. The van der Waals surface area contributed by atoms with Crippen LogP contribution in [0.1, 0.15) is 29.2 Å². The summed E-state index contributed by atoms with van der Waals surface area (Å²) in [4.78, 5) is 56.2. The summed E-state index contributed by atoms with van der Waals surface area (Å²) in [5.74, 6) is -1.13. The number of aromatic amines is 2. The lowest BCUT2D eigenvalue weighted by Gasteiger charge is -2.13. The highest BCUT2D eigenvalue weighted by Crippen LogP contribution is 2.38. The van der Waals surface area contributed by atoms with Gasteiger partial charge in [0.25, 0.3) is 11.8 Å². The Kier molecular flexibility index (Phi) is 9.23. The number of fused-ring (bicyclic) bond motifs is 8. The van der Waals surface area contributed by atoms with E-state index in [-0.39, 0.29) is 18.9 Å². The molecule has 3 aliphatic rings. The number of nitrogens with one attached hydrogen (secondary N) is 3. The molecule has 6 heterocycles. The van der Waals surface area contributed by atoms with Crippen molar-refractivity contribution in [1.82, 2.24) is 24.8 Å². The van der Waals surface area contributed by atoms with Crippen molar-refractivity contribution in [3.63, 3.8) is 0 Å². The van der Waals surface area contributed by atoms with Crippen LogP contribution in [-0.4, -0.2) is 49.1 Å². The first-order valence-electron chi connectivity index (χ1n) is 19.7. The fourth-order valence-electron chi connectivity index (χ4n) is 8.04. The van der Waals surface area contributed by atoms with Gasteiger partial charge in [0, 0.05) is 75.1 Å². The summed E-state index contributed by atoms with van der Waals surface area (Å²) in [5, 5.41) is 2.91. The third kappa shape index (κ3) is 6.84. The van der Waals surface area contributed by atoms with Crippen LogP contribution in [0, 0.1) is 0 Å². The number of carbonyl (C=O) groups excluding carboxylic acids is 3. The van der Waals surface area contributed by atoms with E-state index in [1.165, 1.54) is 12.2 Å². The number of imide groups is 1. The van der Waals surface area contributed by atoms with Crippen molar-refractivity contribution in [1.29, 1.82) is 0 Å². The highest BCUT2D eigenvalue weighted by atomic mass is 16.2. The second-order valence-corrected chi connectivity index (χ2v) is 14.6. The van der Waals surface area contributed by atoms with Gasteiger partial charge in [-0.1, -0.05) is 103 Å².